The summed E-state index contributed by atoms with van der Waals surface area (Å²) in [7, 11) is 0. The predicted octanol–water partition coefficient (Wildman–Crippen LogP) is 2.46. The third-order valence-corrected chi connectivity index (χ3v) is 4.08. The van der Waals surface area contributed by atoms with E-state index in [0.29, 0.717) is 0 Å². The first-order valence-electron chi connectivity index (χ1n) is 6.42. The van der Waals surface area contributed by atoms with E-state index in [1.807, 2.05) is 12.4 Å². The average molecular weight is 264 g/mol. The number of nitrogens with zero attached hydrogens (tertiary/aromatic N) is 2. The Bertz CT molecular complexity index is 475. The molecule has 2 aromatic heterocycles. The monoisotopic (exact) mass is 264 g/mol. The zero-order chi connectivity index (χ0) is 12.8. The van der Waals surface area contributed by atoms with Crippen LogP contribution in [0.3, 0.4) is 0 Å². The number of H-pyrrole nitrogens is 1. The molecule has 0 aliphatic carbocycles. The standard InChI is InChI=1S/C13H20N4S/c1-3-13-15-9-12(18-13)8-14-6-4-5-11-7-16-17-10(11)2/h7,9,14H,3-6,8H2,1-2H3,(H,16,17). The van der Waals surface area contributed by atoms with E-state index in [9.17, 15) is 0 Å². The van der Waals surface area contributed by atoms with Crippen molar-refractivity contribution in [3.8, 4) is 0 Å². The number of hydrogen-bond acceptors (Lipinski definition) is 4. The predicted molar refractivity (Wildman–Crippen MR) is 74.8 cm³/mol. The molecular weight excluding hydrogens is 244 g/mol. The van der Waals surface area contributed by atoms with Crippen molar-refractivity contribution >= 4 is 11.3 Å². The van der Waals surface area contributed by atoms with Gasteiger partial charge in [-0.2, -0.15) is 5.10 Å². The number of nitrogens with one attached hydrogen (secondary N) is 2. The van der Waals surface area contributed by atoms with Crippen LogP contribution in [0.4, 0.5) is 0 Å². The Labute approximate surface area is 112 Å². The maximum Gasteiger partial charge on any atom is 0.0925 e. The number of aromatic amines is 1. The van der Waals surface area contributed by atoms with Crippen molar-refractivity contribution in [2.24, 2.45) is 0 Å². The molecule has 0 aromatic carbocycles. The van der Waals surface area contributed by atoms with Crippen LogP contribution >= 0.6 is 11.3 Å². The molecule has 98 valence electrons. The van der Waals surface area contributed by atoms with E-state index in [4.69, 9.17) is 0 Å². The zero-order valence-electron chi connectivity index (χ0n) is 11.0. The molecular formula is C13H20N4S. The number of aromatic nitrogens is 3. The summed E-state index contributed by atoms with van der Waals surface area (Å²) in [5, 5.41) is 11.7. The number of thiazole rings is 1. The average Bonchev–Trinajstić information content (AvgIpc) is 2.98. The summed E-state index contributed by atoms with van der Waals surface area (Å²) >= 11 is 1.80. The Balaban J connectivity index is 1.63. The molecule has 0 spiro atoms. The first-order valence-corrected chi connectivity index (χ1v) is 7.24. The minimum absolute atomic E-state index is 0.933. The SMILES string of the molecule is CCc1ncc(CNCCCc2cn[nH]c2C)s1. The van der Waals surface area contributed by atoms with E-state index in [0.717, 1.165) is 32.4 Å². The Morgan fingerprint density at radius 3 is 2.94 bits per heavy atom. The van der Waals surface area contributed by atoms with Crippen LogP contribution in [0.2, 0.25) is 0 Å². The summed E-state index contributed by atoms with van der Waals surface area (Å²) in [6.45, 7) is 6.18. The molecule has 2 heterocycles. The summed E-state index contributed by atoms with van der Waals surface area (Å²) in [5.41, 5.74) is 2.51. The highest BCUT2D eigenvalue weighted by molar-refractivity contribution is 7.11. The van der Waals surface area contributed by atoms with Gasteiger partial charge in [0.25, 0.3) is 0 Å². The van der Waals surface area contributed by atoms with Crippen molar-refractivity contribution in [1.29, 1.82) is 0 Å². The third-order valence-electron chi connectivity index (χ3n) is 2.94. The first kappa shape index (κ1) is 13.2. The quantitative estimate of drug-likeness (QED) is 0.755. The van der Waals surface area contributed by atoms with E-state index in [-0.39, 0.29) is 0 Å². The molecule has 2 rings (SSSR count). The molecule has 0 aliphatic heterocycles. The summed E-state index contributed by atoms with van der Waals surface area (Å²) in [4.78, 5) is 5.68. The van der Waals surface area contributed by atoms with Gasteiger partial charge < -0.3 is 5.32 Å². The van der Waals surface area contributed by atoms with Gasteiger partial charge in [-0.15, -0.1) is 11.3 Å². The van der Waals surface area contributed by atoms with Crippen LogP contribution in [0, 0.1) is 6.92 Å². The van der Waals surface area contributed by atoms with Gasteiger partial charge in [0.05, 0.1) is 11.2 Å². The van der Waals surface area contributed by atoms with Crippen molar-refractivity contribution < 1.29 is 0 Å². The minimum atomic E-state index is 0.933. The Morgan fingerprint density at radius 2 is 2.28 bits per heavy atom. The van der Waals surface area contributed by atoms with Crippen molar-refractivity contribution in [2.75, 3.05) is 6.54 Å². The summed E-state index contributed by atoms with van der Waals surface area (Å²) in [6, 6.07) is 0. The first-order chi connectivity index (χ1) is 8.79. The number of aryl methyl sites for hydroxylation is 3. The van der Waals surface area contributed by atoms with Gasteiger partial charge in [-0.3, -0.25) is 5.10 Å². The van der Waals surface area contributed by atoms with Crippen molar-refractivity contribution in [3.05, 3.63) is 33.5 Å². The van der Waals surface area contributed by atoms with Gasteiger partial charge >= 0.3 is 0 Å². The molecule has 18 heavy (non-hydrogen) atoms. The fourth-order valence-corrected chi connectivity index (χ4v) is 2.67. The number of rotatable bonds is 7. The zero-order valence-corrected chi connectivity index (χ0v) is 11.8. The molecule has 0 atom stereocenters. The number of hydrogen-bond donors (Lipinski definition) is 2. The molecule has 0 bridgehead atoms. The molecule has 0 saturated heterocycles. The van der Waals surface area contributed by atoms with Gasteiger partial charge in [0.1, 0.15) is 0 Å². The van der Waals surface area contributed by atoms with Gasteiger partial charge in [-0.05, 0) is 38.3 Å². The molecule has 0 fully saturated rings. The second-order valence-electron chi connectivity index (χ2n) is 4.37. The summed E-state index contributed by atoms with van der Waals surface area (Å²) < 4.78 is 0. The maximum absolute atomic E-state index is 4.35. The van der Waals surface area contributed by atoms with Crippen LogP contribution in [0.5, 0.6) is 0 Å². The molecule has 2 N–H and O–H groups in total. The van der Waals surface area contributed by atoms with Gasteiger partial charge in [-0.25, -0.2) is 4.98 Å². The Kier molecular flexibility index (Phi) is 4.90. The molecule has 0 aliphatic rings. The highest BCUT2D eigenvalue weighted by Gasteiger charge is 2.01. The van der Waals surface area contributed by atoms with Crippen molar-refractivity contribution in [1.82, 2.24) is 20.5 Å². The lowest BCUT2D eigenvalue weighted by molar-refractivity contribution is 0.653. The highest BCUT2D eigenvalue weighted by Crippen LogP contribution is 2.12. The van der Waals surface area contributed by atoms with E-state index >= 15 is 0 Å². The topological polar surface area (TPSA) is 53.6 Å². The largest absolute Gasteiger partial charge is 0.312 e. The maximum atomic E-state index is 4.35. The van der Waals surface area contributed by atoms with Crippen LogP contribution in [-0.2, 0) is 19.4 Å². The van der Waals surface area contributed by atoms with Gasteiger partial charge in [-0.1, -0.05) is 6.92 Å². The highest BCUT2D eigenvalue weighted by atomic mass is 32.1. The van der Waals surface area contributed by atoms with Crippen LogP contribution in [0.25, 0.3) is 0 Å². The normalized spacial score (nSPS) is 11.0. The minimum Gasteiger partial charge on any atom is -0.312 e. The molecule has 5 heteroatoms. The van der Waals surface area contributed by atoms with Gasteiger partial charge in [0.2, 0.25) is 0 Å². The summed E-state index contributed by atoms with van der Waals surface area (Å²) in [6.07, 6.45) is 7.16. The fraction of sp³-hybridized carbons (Fsp3) is 0.538. The van der Waals surface area contributed by atoms with Gasteiger partial charge in [0, 0.05) is 23.3 Å². The van der Waals surface area contributed by atoms with Crippen LogP contribution in [0.1, 0.15) is 34.5 Å². The lowest BCUT2D eigenvalue weighted by atomic mass is 10.1. The van der Waals surface area contributed by atoms with E-state index < -0.39 is 0 Å². The van der Waals surface area contributed by atoms with Crippen LogP contribution in [0.15, 0.2) is 12.4 Å². The summed E-state index contributed by atoms with van der Waals surface area (Å²) in [5.74, 6) is 0. The molecule has 0 saturated carbocycles. The second kappa shape index (κ2) is 6.66. The Morgan fingerprint density at radius 1 is 1.39 bits per heavy atom. The van der Waals surface area contributed by atoms with Gasteiger partial charge in [0.15, 0.2) is 0 Å². The van der Waals surface area contributed by atoms with E-state index in [1.165, 1.54) is 21.1 Å². The lowest BCUT2D eigenvalue weighted by Gasteiger charge is -2.02. The Hall–Kier alpha value is -1.20. The van der Waals surface area contributed by atoms with Crippen molar-refractivity contribution in [2.45, 2.75) is 39.7 Å². The second-order valence-corrected chi connectivity index (χ2v) is 5.57. The molecule has 0 unspecified atom stereocenters. The fourth-order valence-electron chi connectivity index (χ4n) is 1.84. The van der Waals surface area contributed by atoms with Crippen molar-refractivity contribution in [3.63, 3.8) is 0 Å². The van der Waals surface area contributed by atoms with Crippen LogP contribution in [-0.4, -0.2) is 21.7 Å². The van der Waals surface area contributed by atoms with E-state index in [1.54, 1.807) is 11.3 Å². The molecule has 0 amide bonds. The third kappa shape index (κ3) is 3.65. The van der Waals surface area contributed by atoms with E-state index in [2.05, 4.69) is 34.3 Å². The molecule has 4 nitrogen and oxygen atoms in total. The molecule has 0 radical (unpaired) electrons. The van der Waals surface area contributed by atoms with Crippen LogP contribution < -0.4 is 5.32 Å². The molecule has 2 aromatic rings. The lowest BCUT2D eigenvalue weighted by Crippen LogP contribution is -2.14. The smallest absolute Gasteiger partial charge is 0.0925 e.